The third-order valence-electron chi connectivity index (χ3n) is 10.3. The first-order chi connectivity index (χ1) is 29.7. The lowest BCUT2D eigenvalue weighted by Crippen LogP contribution is -2.59. The molecular weight excluding hydrogens is 804 g/mol. The van der Waals surface area contributed by atoms with E-state index in [0.29, 0.717) is 22.4 Å². The molecular formula is C47H44F3N5O7. The number of nitrogens with one attached hydrogen (secondary N) is 5. The molecule has 5 amide bonds. The van der Waals surface area contributed by atoms with Crippen LogP contribution in [0.3, 0.4) is 0 Å². The third kappa shape index (κ3) is 12.6. The highest BCUT2D eigenvalue weighted by molar-refractivity contribution is 5.97. The lowest BCUT2D eigenvalue weighted by Gasteiger charge is -2.26. The Kier molecular flexibility index (Phi) is 14.5. The van der Waals surface area contributed by atoms with Gasteiger partial charge in [-0.1, -0.05) is 109 Å². The van der Waals surface area contributed by atoms with Gasteiger partial charge in [-0.25, -0.2) is 4.79 Å². The summed E-state index contributed by atoms with van der Waals surface area (Å²) in [4.78, 5) is 81.4. The Hall–Kier alpha value is -7.29. The molecule has 6 N–H and O–H groups in total. The Morgan fingerprint density at radius 1 is 0.532 bits per heavy atom. The summed E-state index contributed by atoms with van der Waals surface area (Å²) >= 11 is 0. The van der Waals surface area contributed by atoms with Crippen LogP contribution in [0.1, 0.15) is 40.7 Å². The topological polar surface area (TPSA) is 183 Å². The van der Waals surface area contributed by atoms with Crippen molar-refractivity contribution >= 4 is 41.2 Å². The van der Waals surface area contributed by atoms with Crippen LogP contribution in [-0.2, 0) is 60.6 Å². The van der Waals surface area contributed by atoms with Crippen molar-refractivity contribution in [2.75, 3.05) is 5.32 Å². The van der Waals surface area contributed by atoms with Crippen molar-refractivity contribution in [2.24, 2.45) is 0 Å². The summed E-state index contributed by atoms with van der Waals surface area (Å²) in [6, 6.07) is 30.2. The van der Waals surface area contributed by atoms with Gasteiger partial charge in [0, 0.05) is 44.2 Å². The maximum absolute atomic E-state index is 14.4. The molecule has 0 radical (unpaired) electrons. The Labute approximate surface area is 355 Å². The highest BCUT2D eigenvalue weighted by Gasteiger charge is 2.33. The fraction of sp³-hybridized carbons (Fsp3) is 0.234. The Balaban J connectivity index is 1.36. The van der Waals surface area contributed by atoms with Crippen LogP contribution < -0.4 is 26.6 Å². The number of halogens is 3. The van der Waals surface area contributed by atoms with Crippen molar-refractivity contribution in [2.45, 2.75) is 68.9 Å². The predicted octanol–water partition coefficient (Wildman–Crippen LogP) is 5.40. The van der Waals surface area contributed by atoms with Crippen molar-refractivity contribution in [3.05, 3.63) is 161 Å². The average Bonchev–Trinajstić information content (AvgIpc) is 3.25. The number of hydrogen-bond acceptors (Lipinski definition) is 6. The van der Waals surface area contributed by atoms with Crippen molar-refractivity contribution in [3.8, 4) is 11.1 Å². The number of carbonyl (C=O) groups is 6. The molecule has 320 valence electrons. The lowest BCUT2D eigenvalue weighted by atomic mass is 9.98. The van der Waals surface area contributed by atoms with Crippen LogP contribution in [0, 0.1) is 0 Å². The second kappa shape index (κ2) is 20.3. The SMILES string of the molecule is O=C1CCC(=O)N[C@H](Cc2ccc(C(F)(F)F)cc2)C(=O)N[C@@H](Cc2ccc(-c3ccccc3)cc2)C(=O)N[C@H](Cc2ccccc2)C(=O)N[C@H](C(=O)O)Cc2ccc(cc2)N1. The van der Waals surface area contributed by atoms with Crippen molar-refractivity contribution in [1.82, 2.24) is 21.3 Å². The van der Waals surface area contributed by atoms with Crippen molar-refractivity contribution in [1.29, 1.82) is 0 Å². The number of carboxylic acids is 1. The molecule has 4 atom stereocenters. The van der Waals surface area contributed by atoms with Gasteiger partial charge in [0.1, 0.15) is 24.2 Å². The number of anilines is 1. The summed E-state index contributed by atoms with van der Waals surface area (Å²) in [7, 11) is 0. The summed E-state index contributed by atoms with van der Waals surface area (Å²) in [5.41, 5.74) is 3.28. The van der Waals surface area contributed by atoms with Crippen LogP contribution in [0.2, 0.25) is 0 Å². The highest BCUT2D eigenvalue weighted by Crippen LogP contribution is 2.29. The maximum Gasteiger partial charge on any atom is 0.416 e. The van der Waals surface area contributed by atoms with Gasteiger partial charge in [0.25, 0.3) is 0 Å². The fourth-order valence-electron chi connectivity index (χ4n) is 6.94. The van der Waals surface area contributed by atoms with Gasteiger partial charge >= 0.3 is 12.1 Å². The number of alkyl halides is 3. The lowest BCUT2D eigenvalue weighted by molar-refractivity contribution is -0.142. The normalized spacial score (nSPS) is 19.5. The first kappa shape index (κ1) is 44.3. The van der Waals surface area contributed by atoms with E-state index < -0.39 is 71.4 Å². The third-order valence-corrected chi connectivity index (χ3v) is 10.3. The maximum atomic E-state index is 14.4. The molecule has 2 aliphatic heterocycles. The van der Waals surface area contributed by atoms with Crippen LogP contribution in [0.4, 0.5) is 18.9 Å². The van der Waals surface area contributed by atoms with E-state index in [2.05, 4.69) is 26.6 Å². The summed E-state index contributed by atoms with van der Waals surface area (Å²) in [6.07, 6.45) is -5.88. The molecule has 0 saturated carbocycles. The van der Waals surface area contributed by atoms with Crippen LogP contribution in [0.5, 0.6) is 0 Å². The predicted molar refractivity (Wildman–Crippen MR) is 224 cm³/mol. The number of fused-ring (bicyclic) bond motifs is 18. The van der Waals surface area contributed by atoms with Gasteiger partial charge in [0.2, 0.25) is 29.5 Å². The summed E-state index contributed by atoms with van der Waals surface area (Å²) in [6.45, 7) is 0. The number of aliphatic carboxylic acids is 1. The minimum atomic E-state index is -4.62. The number of rotatable bonds is 8. The molecule has 2 heterocycles. The van der Waals surface area contributed by atoms with Gasteiger partial charge in [-0.15, -0.1) is 0 Å². The molecule has 0 fully saturated rings. The van der Waals surface area contributed by atoms with E-state index in [1.807, 2.05) is 42.5 Å². The number of hydrogen-bond donors (Lipinski definition) is 6. The molecule has 0 unspecified atom stereocenters. The molecule has 5 aromatic rings. The van der Waals surface area contributed by atoms with Gasteiger partial charge in [-0.2, -0.15) is 13.2 Å². The number of carbonyl (C=O) groups excluding carboxylic acids is 5. The molecule has 0 aliphatic carbocycles. The van der Waals surface area contributed by atoms with E-state index in [4.69, 9.17) is 0 Å². The zero-order chi connectivity index (χ0) is 44.2. The Morgan fingerprint density at radius 2 is 0.984 bits per heavy atom. The van der Waals surface area contributed by atoms with E-state index in [9.17, 15) is 47.0 Å². The minimum Gasteiger partial charge on any atom is -0.480 e. The number of amides is 5. The van der Waals surface area contributed by atoms with Crippen molar-refractivity contribution < 1.29 is 47.0 Å². The quantitative estimate of drug-likeness (QED) is 0.113. The molecule has 0 spiro atoms. The minimum absolute atomic E-state index is 0.0574. The van der Waals surface area contributed by atoms with E-state index in [1.165, 1.54) is 24.3 Å². The van der Waals surface area contributed by atoms with Gasteiger partial charge in [0.15, 0.2) is 0 Å². The summed E-state index contributed by atoms with van der Waals surface area (Å²) < 4.78 is 40.2. The molecule has 12 nitrogen and oxygen atoms in total. The van der Waals surface area contributed by atoms with Crippen LogP contribution in [-0.4, -0.2) is 64.8 Å². The van der Waals surface area contributed by atoms with E-state index >= 15 is 0 Å². The fourth-order valence-corrected chi connectivity index (χ4v) is 6.94. The molecule has 5 aromatic carbocycles. The van der Waals surface area contributed by atoms with Crippen molar-refractivity contribution in [3.63, 3.8) is 0 Å². The van der Waals surface area contributed by atoms with E-state index in [-0.39, 0.29) is 44.1 Å². The molecule has 62 heavy (non-hydrogen) atoms. The zero-order valence-electron chi connectivity index (χ0n) is 33.3. The first-order valence-corrected chi connectivity index (χ1v) is 19.9. The molecule has 2 bridgehead atoms. The molecule has 2 aliphatic rings. The largest absolute Gasteiger partial charge is 0.480 e. The van der Waals surface area contributed by atoms with Crippen LogP contribution >= 0.6 is 0 Å². The summed E-state index contributed by atoms with van der Waals surface area (Å²) in [5, 5.41) is 23.4. The molecule has 7 rings (SSSR count). The molecule has 0 saturated heterocycles. The van der Waals surface area contributed by atoms with Gasteiger partial charge in [-0.05, 0) is 57.6 Å². The second-order valence-corrected chi connectivity index (χ2v) is 14.9. The smallest absolute Gasteiger partial charge is 0.416 e. The average molecular weight is 848 g/mol. The monoisotopic (exact) mass is 847 g/mol. The standard InChI is InChI=1S/C47H44F3N5O7/c48-47(49,50)35-19-13-31(14-20-35)26-37-43(58)53-39(27-30-11-17-34(18-12-30)33-9-5-2-6-10-33)44(59)54-38(25-29-7-3-1-4-8-29)45(60)55-40(46(61)62)28-32-15-21-36(22-16-32)51-41(56)23-24-42(57)52-37/h1-22,37-40H,23-28H2,(H,51,56)(H,52,57)(H,53,58)(H,54,59)(H,55,60)(H,61,62)/t37-,38-,39+,40+/m1/s1. The molecule has 0 aromatic heterocycles. The number of carboxylic acid groups (broad SMARTS) is 1. The van der Waals surface area contributed by atoms with Crippen LogP contribution in [0.25, 0.3) is 11.1 Å². The van der Waals surface area contributed by atoms with Gasteiger partial charge in [-0.3, -0.25) is 24.0 Å². The highest BCUT2D eigenvalue weighted by atomic mass is 19.4. The van der Waals surface area contributed by atoms with Gasteiger partial charge in [0.05, 0.1) is 5.56 Å². The van der Waals surface area contributed by atoms with E-state index in [1.54, 1.807) is 54.6 Å². The number of benzene rings is 5. The summed E-state index contributed by atoms with van der Waals surface area (Å²) in [5.74, 6) is -5.09. The van der Waals surface area contributed by atoms with E-state index in [0.717, 1.165) is 23.3 Å². The van der Waals surface area contributed by atoms with Crippen LogP contribution in [0.15, 0.2) is 133 Å². The zero-order valence-corrected chi connectivity index (χ0v) is 33.3. The second-order valence-electron chi connectivity index (χ2n) is 14.9. The Morgan fingerprint density at radius 3 is 1.52 bits per heavy atom. The van der Waals surface area contributed by atoms with Gasteiger partial charge < -0.3 is 31.7 Å². The Bertz CT molecular complexity index is 2360. The first-order valence-electron chi connectivity index (χ1n) is 19.9. The molecule has 15 heteroatoms.